The van der Waals surface area contributed by atoms with Crippen molar-refractivity contribution in [2.24, 2.45) is 0 Å². The number of aromatic nitrogens is 2. The van der Waals surface area contributed by atoms with Crippen LogP contribution in [0.2, 0.25) is 0 Å². The molecule has 26 heavy (non-hydrogen) atoms. The van der Waals surface area contributed by atoms with Crippen LogP contribution in [-0.4, -0.2) is 15.9 Å². The highest BCUT2D eigenvalue weighted by molar-refractivity contribution is 6.02. The molecule has 0 aliphatic rings. The Morgan fingerprint density at radius 3 is 2.65 bits per heavy atom. The highest BCUT2D eigenvalue weighted by atomic mass is 16.5. The molecule has 3 aromatic heterocycles. The van der Waals surface area contributed by atoms with Crippen molar-refractivity contribution >= 4 is 11.6 Å². The van der Waals surface area contributed by atoms with Crippen molar-refractivity contribution in [2.45, 2.75) is 0 Å². The Kier molecular flexibility index (Phi) is 4.22. The summed E-state index contributed by atoms with van der Waals surface area (Å²) in [6.07, 6.45) is 5.01. The Labute approximate surface area is 149 Å². The fraction of sp³-hybridized carbons (Fsp3) is 0. The van der Waals surface area contributed by atoms with E-state index in [4.69, 9.17) is 9.15 Å². The van der Waals surface area contributed by atoms with Crippen LogP contribution < -0.4 is 10.1 Å². The summed E-state index contributed by atoms with van der Waals surface area (Å²) in [5.41, 5.74) is 2.38. The minimum absolute atomic E-state index is 0.263. The second-order valence-corrected chi connectivity index (χ2v) is 5.52. The summed E-state index contributed by atoms with van der Waals surface area (Å²) >= 11 is 0. The summed E-state index contributed by atoms with van der Waals surface area (Å²) in [6, 6.07) is 17.9. The number of hydrogen-bond donors (Lipinski definition) is 2. The molecule has 0 radical (unpaired) electrons. The highest BCUT2D eigenvalue weighted by Crippen LogP contribution is 2.26. The molecule has 1 aromatic carbocycles. The van der Waals surface area contributed by atoms with Gasteiger partial charge in [0.2, 0.25) is 0 Å². The van der Waals surface area contributed by atoms with E-state index in [0.29, 0.717) is 17.2 Å². The number of amides is 1. The number of carbonyl (C=O) groups excluding carboxylic acids is 1. The first kappa shape index (κ1) is 15.7. The van der Waals surface area contributed by atoms with E-state index in [1.54, 1.807) is 48.7 Å². The van der Waals surface area contributed by atoms with Gasteiger partial charge in [-0.05, 0) is 54.6 Å². The lowest BCUT2D eigenvalue weighted by Crippen LogP contribution is -2.10. The lowest BCUT2D eigenvalue weighted by molar-refractivity contribution is 0.0996. The van der Waals surface area contributed by atoms with Gasteiger partial charge in [0.05, 0.1) is 17.7 Å². The van der Waals surface area contributed by atoms with E-state index in [-0.39, 0.29) is 11.7 Å². The standard InChI is InChI=1S/C20H15N3O3/c24-20(19-4-2-12-25-19)23-14-5-7-15(8-6-14)26-16-9-11-22-18(13-16)17-3-1-10-21-17/h1-13,21H,(H,23,24). The Morgan fingerprint density at radius 1 is 1.04 bits per heavy atom. The first-order valence-corrected chi connectivity index (χ1v) is 8.00. The predicted octanol–water partition coefficient (Wildman–Crippen LogP) is 4.71. The molecule has 0 saturated carbocycles. The number of furan rings is 1. The second-order valence-electron chi connectivity index (χ2n) is 5.52. The molecule has 1 amide bonds. The Hall–Kier alpha value is -3.80. The van der Waals surface area contributed by atoms with Gasteiger partial charge in [-0.1, -0.05) is 0 Å². The van der Waals surface area contributed by atoms with Crippen molar-refractivity contribution in [1.29, 1.82) is 0 Å². The molecule has 3 heterocycles. The van der Waals surface area contributed by atoms with Gasteiger partial charge in [0.15, 0.2) is 5.76 Å². The van der Waals surface area contributed by atoms with Crippen molar-refractivity contribution < 1.29 is 13.9 Å². The molecule has 0 aliphatic heterocycles. The van der Waals surface area contributed by atoms with Gasteiger partial charge in [0.25, 0.3) is 5.91 Å². The Bertz CT molecular complexity index is 991. The fourth-order valence-corrected chi connectivity index (χ4v) is 2.45. The van der Waals surface area contributed by atoms with Crippen molar-refractivity contribution in [3.8, 4) is 22.9 Å². The maximum Gasteiger partial charge on any atom is 0.291 e. The van der Waals surface area contributed by atoms with Gasteiger partial charge in [0, 0.05) is 24.1 Å². The largest absolute Gasteiger partial charge is 0.459 e. The van der Waals surface area contributed by atoms with Crippen LogP contribution in [0, 0.1) is 0 Å². The average molecular weight is 345 g/mol. The van der Waals surface area contributed by atoms with Gasteiger partial charge in [-0.2, -0.15) is 0 Å². The van der Waals surface area contributed by atoms with E-state index in [1.807, 2.05) is 24.4 Å². The second kappa shape index (κ2) is 6.98. The predicted molar refractivity (Wildman–Crippen MR) is 97.2 cm³/mol. The van der Waals surface area contributed by atoms with Gasteiger partial charge in [-0.15, -0.1) is 0 Å². The molecule has 0 spiro atoms. The zero-order chi connectivity index (χ0) is 17.8. The number of carbonyl (C=O) groups is 1. The normalized spacial score (nSPS) is 10.5. The molecule has 6 heteroatoms. The number of aromatic amines is 1. The molecule has 0 atom stereocenters. The molecule has 0 saturated heterocycles. The van der Waals surface area contributed by atoms with Crippen LogP contribution in [0.15, 0.2) is 83.7 Å². The lowest BCUT2D eigenvalue weighted by Gasteiger charge is -2.08. The summed E-state index contributed by atoms with van der Waals surface area (Å²) in [4.78, 5) is 19.4. The zero-order valence-electron chi connectivity index (χ0n) is 13.7. The van der Waals surface area contributed by atoms with Crippen molar-refractivity contribution in [2.75, 3.05) is 5.32 Å². The number of nitrogens with zero attached hydrogens (tertiary/aromatic N) is 1. The number of pyridine rings is 1. The van der Waals surface area contributed by atoms with Crippen molar-refractivity contribution in [3.63, 3.8) is 0 Å². The van der Waals surface area contributed by atoms with Crippen LogP contribution in [0.4, 0.5) is 5.69 Å². The lowest BCUT2D eigenvalue weighted by atomic mass is 10.2. The van der Waals surface area contributed by atoms with Gasteiger partial charge in [-0.3, -0.25) is 9.78 Å². The SMILES string of the molecule is O=C(Nc1ccc(Oc2ccnc(-c3ccc[nH]3)c2)cc1)c1ccco1. The monoisotopic (exact) mass is 345 g/mol. The molecule has 2 N–H and O–H groups in total. The first-order chi connectivity index (χ1) is 12.8. The van der Waals surface area contributed by atoms with Crippen LogP contribution in [-0.2, 0) is 0 Å². The van der Waals surface area contributed by atoms with Crippen LogP contribution in [0.25, 0.3) is 11.4 Å². The highest BCUT2D eigenvalue weighted by Gasteiger charge is 2.09. The van der Waals surface area contributed by atoms with Crippen molar-refractivity contribution in [3.05, 3.63) is 85.1 Å². The van der Waals surface area contributed by atoms with Crippen LogP contribution >= 0.6 is 0 Å². The van der Waals surface area contributed by atoms with E-state index in [0.717, 1.165) is 11.4 Å². The van der Waals surface area contributed by atoms with Crippen LogP contribution in [0.5, 0.6) is 11.5 Å². The fourth-order valence-electron chi connectivity index (χ4n) is 2.45. The first-order valence-electron chi connectivity index (χ1n) is 8.00. The van der Waals surface area contributed by atoms with E-state index >= 15 is 0 Å². The molecule has 6 nitrogen and oxygen atoms in total. The molecule has 4 aromatic rings. The van der Waals surface area contributed by atoms with E-state index < -0.39 is 0 Å². The number of hydrogen-bond acceptors (Lipinski definition) is 4. The number of rotatable bonds is 5. The third-order valence-corrected chi connectivity index (χ3v) is 3.70. The number of ether oxygens (including phenoxy) is 1. The molecular weight excluding hydrogens is 330 g/mol. The summed E-state index contributed by atoms with van der Waals surface area (Å²) in [7, 11) is 0. The summed E-state index contributed by atoms with van der Waals surface area (Å²) in [5, 5.41) is 2.76. The summed E-state index contributed by atoms with van der Waals surface area (Å²) in [5.74, 6) is 1.30. The minimum atomic E-state index is -0.298. The summed E-state index contributed by atoms with van der Waals surface area (Å²) < 4.78 is 10.9. The molecule has 128 valence electrons. The van der Waals surface area contributed by atoms with Crippen LogP contribution in [0.3, 0.4) is 0 Å². The Morgan fingerprint density at radius 2 is 1.92 bits per heavy atom. The smallest absolute Gasteiger partial charge is 0.291 e. The minimum Gasteiger partial charge on any atom is -0.459 e. The third kappa shape index (κ3) is 3.49. The van der Waals surface area contributed by atoms with E-state index in [1.165, 1.54) is 6.26 Å². The van der Waals surface area contributed by atoms with Gasteiger partial charge in [0.1, 0.15) is 11.5 Å². The quantitative estimate of drug-likeness (QED) is 0.549. The van der Waals surface area contributed by atoms with Gasteiger partial charge < -0.3 is 19.5 Å². The topological polar surface area (TPSA) is 80.1 Å². The van der Waals surface area contributed by atoms with Gasteiger partial charge >= 0.3 is 0 Å². The number of H-pyrrole nitrogens is 1. The zero-order valence-corrected chi connectivity index (χ0v) is 13.7. The van der Waals surface area contributed by atoms with E-state index in [9.17, 15) is 4.79 Å². The van der Waals surface area contributed by atoms with Crippen LogP contribution in [0.1, 0.15) is 10.6 Å². The molecule has 4 rings (SSSR count). The Balaban J connectivity index is 1.44. The average Bonchev–Trinajstić information content (AvgIpc) is 3.38. The maximum absolute atomic E-state index is 12.0. The molecule has 0 bridgehead atoms. The third-order valence-electron chi connectivity index (χ3n) is 3.70. The number of nitrogens with one attached hydrogen (secondary N) is 2. The number of anilines is 1. The molecule has 0 aliphatic carbocycles. The summed E-state index contributed by atoms with van der Waals surface area (Å²) in [6.45, 7) is 0. The van der Waals surface area contributed by atoms with Gasteiger partial charge in [-0.25, -0.2) is 0 Å². The molecule has 0 unspecified atom stereocenters. The maximum atomic E-state index is 12.0. The number of benzene rings is 1. The van der Waals surface area contributed by atoms with Crippen molar-refractivity contribution in [1.82, 2.24) is 9.97 Å². The molecular formula is C20H15N3O3. The molecule has 0 fully saturated rings. The van der Waals surface area contributed by atoms with E-state index in [2.05, 4.69) is 15.3 Å².